The SMILES string of the molecule is CC(=O)O[C@@H]1CC[C@@]2(C)[C@@H](CC[C@@H]3[C@H]2C[C@H](O)[C@@]2(C)[C@H]4[C@H](C[C@H]32)O[C@]2(CC[C@H](C)CO2)[C@H]4C)C1. The van der Waals surface area contributed by atoms with Gasteiger partial charge in [0.25, 0.3) is 0 Å². The van der Waals surface area contributed by atoms with Crippen molar-refractivity contribution in [1.29, 1.82) is 0 Å². The van der Waals surface area contributed by atoms with Gasteiger partial charge < -0.3 is 19.3 Å². The van der Waals surface area contributed by atoms with Crippen LogP contribution in [0, 0.1) is 52.3 Å². The number of ether oxygens (including phenoxy) is 3. The van der Waals surface area contributed by atoms with Crippen LogP contribution in [-0.4, -0.2) is 41.8 Å². The van der Waals surface area contributed by atoms with E-state index < -0.39 is 5.79 Å². The Morgan fingerprint density at radius 3 is 2.50 bits per heavy atom. The van der Waals surface area contributed by atoms with Crippen molar-refractivity contribution in [2.45, 2.75) is 117 Å². The summed E-state index contributed by atoms with van der Waals surface area (Å²) in [5.41, 5.74) is 0.162. The van der Waals surface area contributed by atoms with Gasteiger partial charge in [0.2, 0.25) is 0 Å². The van der Waals surface area contributed by atoms with E-state index in [9.17, 15) is 9.90 Å². The summed E-state index contributed by atoms with van der Waals surface area (Å²) in [5, 5.41) is 11.9. The standard InChI is InChI=1S/C29H46O5/c1-16-8-11-29(32-15-16)17(2)26-24(34-29)13-23-21-7-6-19-12-20(33-18(3)30)9-10-27(19,4)22(21)14-25(31)28(23,26)5/h16-17,19-26,31H,6-15H2,1-5H3/t16-,17-,19-,20+,21+,22+,23+,24-,25-,26+,27-,28-,29+/m0/s1. The quantitative estimate of drug-likeness (QED) is 0.520. The molecule has 4 saturated carbocycles. The fraction of sp³-hybridized carbons (Fsp3) is 0.966. The second kappa shape index (κ2) is 7.92. The molecular weight excluding hydrogens is 428 g/mol. The van der Waals surface area contributed by atoms with Gasteiger partial charge in [-0.05, 0) is 86.4 Å². The van der Waals surface area contributed by atoms with Crippen LogP contribution in [0.3, 0.4) is 0 Å². The van der Waals surface area contributed by atoms with E-state index in [1.54, 1.807) is 0 Å². The monoisotopic (exact) mass is 474 g/mol. The molecule has 13 atom stereocenters. The van der Waals surface area contributed by atoms with Gasteiger partial charge in [-0.3, -0.25) is 4.79 Å². The minimum Gasteiger partial charge on any atom is -0.463 e. The molecule has 0 radical (unpaired) electrons. The Morgan fingerprint density at radius 1 is 1.00 bits per heavy atom. The lowest BCUT2D eigenvalue weighted by molar-refractivity contribution is -0.274. The van der Waals surface area contributed by atoms with Crippen molar-refractivity contribution in [3.8, 4) is 0 Å². The summed E-state index contributed by atoms with van der Waals surface area (Å²) in [7, 11) is 0. The van der Waals surface area contributed by atoms with Crippen molar-refractivity contribution < 1.29 is 24.1 Å². The molecule has 1 N–H and O–H groups in total. The van der Waals surface area contributed by atoms with Gasteiger partial charge in [-0.1, -0.05) is 27.7 Å². The maximum atomic E-state index is 11.9. The van der Waals surface area contributed by atoms with Crippen LogP contribution in [0.5, 0.6) is 0 Å². The molecule has 2 saturated heterocycles. The summed E-state index contributed by atoms with van der Waals surface area (Å²) in [5.74, 6) is 3.11. The molecule has 192 valence electrons. The van der Waals surface area contributed by atoms with Gasteiger partial charge in [0.15, 0.2) is 5.79 Å². The van der Waals surface area contributed by atoms with Gasteiger partial charge in [0, 0.05) is 30.6 Å². The molecule has 6 rings (SSSR count). The van der Waals surface area contributed by atoms with Crippen LogP contribution < -0.4 is 0 Å². The Kier molecular flexibility index (Phi) is 5.53. The van der Waals surface area contributed by atoms with Gasteiger partial charge in [-0.2, -0.15) is 0 Å². The summed E-state index contributed by atoms with van der Waals surface area (Å²) in [6.45, 7) is 11.8. The van der Waals surface area contributed by atoms with Crippen LogP contribution in [0.25, 0.3) is 0 Å². The van der Waals surface area contributed by atoms with Crippen molar-refractivity contribution in [2.75, 3.05) is 6.61 Å². The number of carbonyl (C=O) groups is 1. The molecule has 0 amide bonds. The van der Waals surface area contributed by atoms with E-state index in [0.717, 1.165) is 45.1 Å². The minimum absolute atomic E-state index is 0.0837. The zero-order valence-corrected chi connectivity index (χ0v) is 21.9. The Bertz CT molecular complexity index is 819. The Morgan fingerprint density at radius 2 is 1.79 bits per heavy atom. The Balaban J connectivity index is 1.24. The zero-order chi connectivity index (χ0) is 24.0. The van der Waals surface area contributed by atoms with Gasteiger partial charge in [-0.25, -0.2) is 0 Å². The summed E-state index contributed by atoms with van der Waals surface area (Å²) >= 11 is 0. The van der Waals surface area contributed by atoms with Crippen molar-refractivity contribution >= 4 is 5.97 Å². The number of hydrogen-bond donors (Lipinski definition) is 1. The molecule has 0 aromatic heterocycles. The van der Waals surface area contributed by atoms with Crippen LogP contribution in [-0.2, 0) is 19.0 Å². The van der Waals surface area contributed by atoms with E-state index in [2.05, 4.69) is 27.7 Å². The fourth-order valence-electron chi connectivity index (χ4n) is 10.5. The zero-order valence-electron chi connectivity index (χ0n) is 21.9. The predicted octanol–water partition coefficient (Wildman–Crippen LogP) is 5.34. The van der Waals surface area contributed by atoms with E-state index in [1.165, 1.54) is 26.2 Å². The van der Waals surface area contributed by atoms with E-state index in [4.69, 9.17) is 14.2 Å². The number of carbonyl (C=O) groups excluding carboxylic acids is 1. The lowest BCUT2D eigenvalue weighted by Crippen LogP contribution is -2.59. The topological polar surface area (TPSA) is 65.0 Å². The molecule has 4 aliphatic carbocycles. The summed E-state index contributed by atoms with van der Waals surface area (Å²) in [6.07, 6.45) is 9.76. The average molecular weight is 475 g/mol. The first-order valence-electron chi connectivity index (χ1n) is 14.3. The molecule has 0 aromatic carbocycles. The van der Waals surface area contributed by atoms with Crippen LogP contribution >= 0.6 is 0 Å². The molecule has 6 fully saturated rings. The summed E-state index contributed by atoms with van der Waals surface area (Å²) < 4.78 is 18.9. The molecule has 0 unspecified atom stereocenters. The van der Waals surface area contributed by atoms with Crippen LogP contribution in [0.1, 0.15) is 92.4 Å². The maximum Gasteiger partial charge on any atom is 0.302 e. The van der Waals surface area contributed by atoms with Crippen molar-refractivity contribution in [2.24, 2.45) is 52.3 Å². The molecule has 6 aliphatic rings. The van der Waals surface area contributed by atoms with Gasteiger partial charge in [-0.15, -0.1) is 0 Å². The van der Waals surface area contributed by atoms with Gasteiger partial charge in [0.1, 0.15) is 6.10 Å². The van der Waals surface area contributed by atoms with Crippen LogP contribution in [0.15, 0.2) is 0 Å². The van der Waals surface area contributed by atoms with E-state index in [1.807, 2.05) is 0 Å². The molecule has 0 bridgehead atoms. The lowest BCUT2D eigenvalue weighted by atomic mass is 9.43. The largest absolute Gasteiger partial charge is 0.463 e. The second-order valence-corrected chi connectivity index (χ2v) is 13.8. The number of rotatable bonds is 1. The molecular formula is C29H46O5. The number of fused-ring (bicyclic) bond motifs is 7. The lowest BCUT2D eigenvalue weighted by Gasteiger charge is -2.62. The molecule has 5 heteroatoms. The molecule has 1 spiro atoms. The Hall–Kier alpha value is -0.650. The first kappa shape index (κ1) is 23.7. The summed E-state index contributed by atoms with van der Waals surface area (Å²) in [6, 6.07) is 0. The van der Waals surface area contributed by atoms with Crippen molar-refractivity contribution in [1.82, 2.24) is 0 Å². The number of hydrogen-bond acceptors (Lipinski definition) is 5. The number of aliphatic hydroxyl groups excluding tert-OH is 1. The highest BCUT2D eigenvalue weighted by Crippen LogP contribution is 2.71. The third kappa shape index (κ3) is 3.18. The smallest absolute Gasteiger partial charge is 0.302 e. The Labute approximate surface area is 205 Å². The summed E-state index contributed by atoms with van der Waals surface area (Å²) in [4.78, 5) is 11.6. The first-order valence-corrected chi connectivity index (χ1v) is 14.3. The van der Waals surface area contributed by atoms with Gasteiger partial charge in [0.05, 0.1) is 18.8 Å². The molecule has 0 aromatic rings. The van der Waals surface area contributed by atoms with E-state index in [0.29, 0.717) is 41.4 Å². The average Bonchev–Trinajstić information content (AvgIpc) is 3.23. The molecule has 2 heterocycles. The molecule has 5 nitrogen and oxygen atoms in total. The van der Waals surface area contributed by atoms with E-state index in [-0.39, 0.29) is 35.1 Å². The first-order chi connectivity index (χ1) is 16.1. The van der Waals surface area contributed by atoms with Gasteiger partial charge >= 0.3 is 5.97 Å². The van der Waals surface area contributed by atoms with Crippen molar-refractivity contribution in [3.63, 3.8) is 0 Å². The second-order valence-electron chi connectivity index (χ2n) is 13.8. The third-order valence-electron chi connectivity index (χ3n) is 12.3. The van der Waals surface area contributed by atoms with E-state index >= 15 is 0 Å². The maximum absolute atomic E-state index is 11.9. The number of aliphatic hydroxyl groups is 1. The third-order valence-corrected chi connectivity index (χ3v) is 12.3. The molecule has 34 heavy (non-hydrogen) atoms. The highest BCUT2D eigenvalue weighted by molar-refractivity contribution is 5.66. The fourth-order valence-corrected chi connectivity index (χ4v) is 10.5. The van der Waals surface area contributed by atoms with Crippen LogP contribution in [0.4, 0.5) is 0 Å². The highest BCUT2D eigenvalue weighted by Gasteiger charge is 2.71. The predicted molar refractivity (Wildman–Crippen MR) is 129 cm³/mol. The van der Waals surface area contributed by atoms with Crippen LogP contribution in [0.2, 0.25) is 0 Å². The normalized spacial score (nSPS) is 58.5. The minimum atomic E-state index is -0.425. The van der Waals surface area contributed by atoms with Crippen molar-refractivity contribution in [3.05, 3.63) is 0 Å². The highest BCUT2D eigenvalue weighted by atomic mass is 16.7. The number of esters is 1. The molecule has 2 aliphatic heterocycles.